The Morgan fingerprint density at radius 1 is 1.32 bits per heavy atom. The largest absolute Gasteiger partial charge is 0.457 e. The average molecular weight is 278 g/mol. The molecule has 2 aromatic rings. The Morgan fingerprint density at radius 2 is 2.16 bits per heavy atom. The first-order valence-electron chi connectivity index (χ1n) is 6.71. The van der Waals surface area contributed by atoms with Crippen molar-refractivity contribution in [1.82, 2.24) is 5.32 Å². The molecule has 2 rings (SSSR count). The molecule has 0 fully saturated rings. The van der Waals surface area contributed by atoms with Gasteiger partial charge in [-0.05, 0) is 55.8 Å². The second-order valence-electron chi connectivity index (χ2n) is 5.12. The molecule has 0 unspecified atom stereocenters. The third-order valence-corrected chi connectivity index (χ3v) is 3.05. The van der Waals surface area contributed by atoms with Crippen molar-refractivity contribution < 1.29 is 4.42 Å². The number of benzene rings is 1. The lowest BCUT2D eigenvalue weighted by Crippen LogP contribution is -2.20. The Hall–Kier alpha value is -1.25. The quantitative estimate of drug-likeness (QED) is 0.772. The first kappa shape index (κ1) is 14.2. The fourth-order valence-corrected chi connectivity index (χ4v) is 2.07. The molecule has 0 aliphatic rings. The van der Waals surface area contributed by atoms with E-state index in [-0.39, 0.29) is 0 Å². The lowest BCUT2D eigenvalue weighted by molar-refractivity contribution is 0.556. The molecule has 0 saturated heterocycles. The molecule has 1 N–H and O–H groups in total. The minimum atomic E-state index is 0.698. The van der Waals surface area contributed by atoms with Gasteiger partial charge in [0.1, 0.15) is 11.3 Å². The first-order valence-corrected chi connectivity index (χ1v) is 7.09. The van der Waals surface area contributed by atoms with Gasteiger partial charge in [-0.1, -0.05) is 31.5 Å². The van der Waals surface area contributed by atoms with Crippen molar-refractivity contribution >= 4 is 28.6 Å². The molecule has 0 saturated carbocycles. The van der Waals surface area contributed by atoms with Crippen LogP contribution in [-0.2, 0) is 0 Å². The van der Waals surface area contributed by atoms with E-state index in [2.05, 4.69) is 25.2 Å². The van der Waals surface area contributed by atoms with Gasteiger partial charge in [-0.15, -0.1) is 0 Å². The van der Waals surface area contributed by atoms with Crippen LogP contribution in [0.1, 0.15) is 26.0 Å². The Kier molecular flexibility index (Phi) is 5.06. The Bertz CT molecular complexity index is 557. The standard InChI is InChI=1S/C16H20ClNO/c1-12(2)11-18-8-4-3-5-15-10-13-9-14(17)6-7-16(13)19-15/h3,5-7,9-10,12,18H,4,8,11H2,1-2H3/b5-3+. The molecule has 1 heterocycles. The van der Waals surface area contributed by atoms with Gasteiger partial charge in [0, 0.05) is 10.4 Å². The average Bonchev–Trinajstić information content (AvgIpc) is 2.75. The summed E-state index contributed by atoms with van der Waals surface area (Å²) in [7, 11) is 0. The van der Waals surface area contributed by atoms with Crippen LogP contribution in [-0.4, -0.2) is 13.1 Å². The minimum Gasteiger partial charge on any atom is -0.457 e. The van der Waals surface area contributed by atoms with Crippen LogP contribution in [0.5, 0.6) is 0 Å². The van der Waals surface area contributed by atoms with Gasteiger partial charge in [0.2, 0.25) is 0 Å². The number of fused-ring (bicyclic) bond motifs is 1. The van der Waals surface area contributed by atoms with Crippen LogP contribution in [0.3, 0.4) is 0 Å². The molecule has 0 spiro atoms. The van der Waals surface area contributed by atoms with Gasteiger partial charge in [-0.2, -0.15) is 0 Å². The van der Waals surface area contributed by atoms with Crippen LogP contribution >= 0.6 is 11.6 Å². The molecule has 3 heteroatoms. The van der Waals surface area contributed by atoms with Crippen LogP contribution in [0.15, 0.2) is 34.8 Å². The van der Waals surface area contributed by atoms with Crippen LogP contribution in [0, 0.1) is 5.92 Å². The van der Waals surface area contributed by atoms with Crippen LogP contribution in [0.2, 0.25) is 5.02 Å². The molecule has 0 bridgehead atoms. The molecule has 19 heavy (non-hydrogen) atoms. The number of rotatable bonds is 6. The summed E-state index contributed by atoms with van der Waals surface area (Å²) in [5.41, 5.74) is 0.877. The van der Waals surface area contributed by atoms with Crippen LogP contribution in [0.25, 0.3) is 17.0 Å². The summed E-state index contributed by atoms with van der Waals surface area (Å²) in [5, 5.41) is 5.19. The van der Waals surface area contributed by atoms with E-state index in [0.717, 1.165) is 41.3 Å². The van der Waals surface area contributed by atoms with Crippen molar-refractivity contribution in [3.8, 4) is 0 Å². The molecule has 1 aromatic heterocycles. The predicted molar refractivity (Wildman–Crippen MR) is 82.6 cm³/mol. The van der Waals surface area contributed by atoms with Crippen LogP contribution < -0.4 is 5.32 Å². The predicted octanol–water partition coefficient (Wildman–Crippen LogP) is 4.74. The summed E-state index contributed by atoms with van der Waals surface area (Å²) in [6, 6.07) is 7.68. The van der Waals surface area contributed by atoms with E-state index in [4.69, 9.17) is 16.0 Å². The summed E-state index contributed by atoms with van der Waals surface area (Å²) in [6.07, 6.45) is 5.15. The Morgan fingerprint density at radius 3 is 2.95 bits per heavy atom. The summed E-state index contributed by atoms with van der Waals surface area (Å²) in [4.78, 5) is 0. The molecule has 1 aromatic carbocycles. The smallest absolute Gasteiger partial charge is 0.134 e. The van der Waals surface area contributed by atoms with Crippen molar-refractivity contribution in [3.05, 3.63) is 41.1 Å². The number of hydrogen-bond donors (Lipinski definition) is 1. The van der Waals surface area contributed by atoms with Crippen molar-refractivity contribution in [3.63, 3.8) is 0 Å². The third-order valence-electron chi connectivity index (χ3n) is 2.82. The van der Waals surface area contributed by atoms with Crippen molar-refractivity contribution in [2.75, 3.05) is 13.1 Å². The molecule has 2 nitrogen and oxygen atoms in total. The van der Waals surface area contributed by atoms with Crippen molar-refractivity contribution in [2.24, 2.45) is 5.92 Å². The Balaban J connectivity index is 1.87. The zero-order valence-electron chi connectivity index (χ0n) is 11.4. The zero-order valence-corrected chi connectivity index (χ0v) is 12.2. The highest BCUT2D eigenvalue weighted by Gasteiger charge is 2.01. The number of furan rings is 1. The molecular weight excluding hydrogens is 258 g/mol. The third kappa shape index (κ3) is 4.41. The van der Waals surface area contributed by atoms with E-state index in [1.54, 1.807) is 0 Å². The fourth-order valence-electron chi connectivity index (χ4n) is 1.89. The summed E-state index contributed by atoms with van der Waals surface area (Å²) >= 11 is 5.95. The summed E-state index contributed by atoms with van der Waals surface area (Å²) in [5.74, 6) is 1.57. The monoisotopic (exact) mass is 277 g/mol. The second kappa shape index (κ2) is 6.78. The maximum atomic E-state index is 5.95. The minimum absolute atomic E-state index is 0.698. The maximum absolute atomic E-state index is 5.95. The molecule has 0 radical (unpaired) electrons. The topological polar surface area (TPSA) is 25.2 Å². The van der Waals surface area contributed by atoms with E-state index in [1.165, 1.54) is 0 Å². The van der Waals surface area contributed by atoms with E-state index < -0.39 is 0 Å². The maximum Gasteiger partial charge on any atom is 0.134 e. The van der Waals surface area contributed by atoms with Gasteiger partial charge < -0.3 is 9.73 Å². The zero-order chi connectivity index (χ0) is 13.7. The molecule has 102 valence electrons. The Labute approximate surface area is 119 Å². The number of hydrogen-bond acceptors (Lipinski definition) is 2. The highest BCUT2D eigenvalue weighted by Crippen LogP contribution is 2.23. The van der Waals surface area contributed by atoms with Crippen LogP contribution in [0.4, 0.5) is 0 Å². The van der Waals surface area contributed by atoms with Crippen molar-refractivity contribution in [1.29, 1.82) is 0 Å². The molecular formula is C16H20ClNO. The highest BCUT2D eigenvalue weighted by atomic mass is 35.5. The van der Waals surface area contributed by atoms with Gasteiger partial charge in [0.15, 0.2) is 0 Å². The van der Waals surface area contributed by atoms with E-state index in [0.29, 0.717) is 5.92 Å². The van der Waals surface area contributed by atoms with E-state index >= 15 is 0 Å². The number of nitrogens with one attached hydrogen (secondary N) is 1. The van der Waals surface area contributed by atoms with E-state index in [9.17, 15) is 0 Å². The second-order valence-corrected chi connectivity index (χ2v) is 5.56. The van der Waals surface area contributed by atoms with Gasteiger partial charge in [-0.25, -0.2) is 0 Å². The van der Waals surface area contributed by atoms with Gasteiger partial charge >= 0.3 is 0 Å². The first-order chi connectivity index (χ1) is 9.15. The highest BCUT2D eigenvalue weighted by molar-refractivity contribution is 6.31. The lowest BCUT2D eigenvalue weighted by Gasteiger charge is -2.04. The SMILES string of the molecule is CC(C)CNCC/C=C/c1cc2cc(Cl)ccc2o1. The molecule has 0 aliphatic carbocycles. The summed E-state index contributed by atoms with van der Waals surface area (Å²) in [6.45, 7) is 6.49. The van der Waals surface area contributed by atoms with Gasteiger partial charge in [0.05, 0.1) is 0 Å². The van der Waals surface area contributed by atoms with E-state index in [1.807, 2.05) is 30.3 Å². The van der Waals surface area contributed by atoms with Crippen molar-refractivity contribution in [2.45, 2.75) is 20.3 Å². The van der Waals surface area contributed by atoms with Gasteiger partial charge in [-0.3, -0.25) is 0 Å². The normalized spacial score (nSPS) is 12.0. The lowest BCUT2D eigenvalue weighted by atomic mass is 10.2. The molecule has 0 amide bonds. The number of halogens is 1. The summed E-state index contributed by atoms with van der Waals surface area (Å²) < 4.78 is 5.70. The van der Waals surface area contributed by atoms with Gasteiger partial charge in [0.25, 0.3) is 0 Å². The molecule has 0 aliphatic heterocycles. The fraction of sp³-hybridized carbons (Fsp3) is 0.375. The molecule has 0 atom stereocenters.